The van der Waals surface area contributed by atoms with Crippen LogP contribution in [0.15, 0.2) is 18.2 Å². The number of amides is 1. The highest BCUT2D eigenvalue weighted by atomic mass is 16.5. The number of aromatic carboxylic acids is 1. The molecule has 0 heterocycles. The van der Waals surface area contributed by atoms with Gasteiger partial charge in [-0.3, -0.25) is 4.79 Å². The van der Waals surface area contributed by atoms with Gasteiger partial charge in [-0.05, 0) is 37.8 Å². The van der Waals surface area contributed by atoms with Crippen LogP contribution in [0.4, 0.5) is 0 Å². The maximum absolute atomic E-state index is 11.7. The number of hydrogen-bond donors (Lipinski definition) is 2. The van der Waals surface area contributed by atoms with Crippen molar-refractivity contribution in [1.29, 1.82) is 0 Å². The third-order valence-corrected chi connectivity index (χ3v) is 3.14. The Bertz CT molecular complexity index is 525. The second-order valence-corrected chi connectivity index (χ2v) is 4.91. The molecule has 21 heavy (non-hydrogen) atoms. The highest BCUT2D eigenvalue weighted by Gasteiger charge is 2.22. The quantitative estimate of drug-likeness (QED) is 0.762. The number of rotatable bonds is 8. The number of carbonyl (C=O) groups excluding carboxylic acids is 1. The first kappa shape index (κ1) is 15.2. The van der Waals surface area contributed by atoms with Crippen molar-refractivity contribution in [3.8, 4) is 11.5 Å². The maximum atomic E-state index is 11.7. The highest BCUT2D eigenvalue weighted by molar-refractivity contribution is 5.92. The molecule has 0 bridgehead atoms. The number of benzene rings is 1. The summed E-state index contributed by atoms with van der Waals surface area (Å²) in [5.41, 5.74) is -0.0176. The van der Waals surface area contributed by atoms with Crippen molar-refractivity contribution in [2.45, 2.75) is 19.8 Å². The van der Waals surface area contributed by atoms with E-state index in [1.807, 2.05) is 0 Å². The average molecular weight is 293 g/mol. The van der Waals surface area contributed by atoms with Gasteiger partial charge in [0.25, 0.3) is 5.91 Å². The summed E-state index contributed by atoms with van der Waals surface area (Å²) in [6.45, 7) is 2.60. The van der Waals surface area contributed by atoms with Gasteiger partial charge in [-0.15, -0.1) is 0 Å². The molecular weight excluding hydrogens is 274 g/mol. The third kappa shape index (κ3) is 4.37. The van der Waals surface area contributed by atoms with Gasteiger partial charge >= 0.3 is 5.97 Å². The van der Waals surface area contributed by atoms with Crippen LogP contribution in [0.25, 0.3) is 0 Å². The highest BCUT2D eigenvalue weighted by Crippen LogP contribution is 2.31. The molecule has 2 N–H and O–H groups in total. The average Bonchev–Trinajstić information content (AvgIpc) is 3.27. The van der Waals surface area contributed by atoms with Gasteiger partial charge in [0.05, 0.1) is 6.61 Å². The van der Waals surface area contributed by atoms with Crippen LogP contribution in [0.2, 0.25) is 0 Å². The van der Waals surface area contributed by atoms with Gasteiger partial charge in [-0.2, -0.15) is 0 Å². The molecule has 1 aromatic rings. The fourth-order valence-corrected chi connectivity index (χ4v) is 1.87. The molecule has 2 rings (SSSR count). The monoisotopic (exact) mass is 293 g/mol. The van der Waals surface area contributed by atoms with E-state index in [1.165, 1.54) is 6.07 Å². The Hall–Kier alpha value is -2.24. The lowest BCUT2D eigenvalue weighted by Gasteiger charge is -2.14. The Balaban J connectivity index is 2.01. The molecule has 0 atom stereocenters. The Morgan fingerprint density at radius 2 is 2.10 bits per heavy atom. The SMILES string of the molecule is CCOc1cccc(C(=O)O)c1OCC(=O)NCC1CC1. The molecular formula is C15H19NO5. The van der Waals surface area contributed by atoms with Gasteiger partial charge < -0.3 is 19.9 Å². The van der Waals surface area contributed by atoms with Gasteiger partial charge in [0.2, 0.25) is 0 Å². The second kappa shape index (κ2) is 6.97. The van der Waals surface area contributed by atoms with Crippen LogP contribution in [-0.2, 0) is 4.79 Å². The Morgan fingerprint density at radius 1 is 1.33 bits per heavy atom. The molecule has 0 aromatic heterocycles. The van der Waals surface area contributed by atoms with Crippen molar-refractivity contribution in [2.24, 2.45) is 5.92 Å². The van der Waals surface area contributed by atoms with Crippen LogP contribution in [0.5, 0.6) is 11.5 Å². The van der Waals surface area contributed by atoms with Crippen molar-refractivity contribution in [1.82, 2.24) is 5.32 Å². The number of carbonyl (C=O) groups is 2. The minimum absolute atomic E-state index is 0.0176. The summed E-state index contributed by atoms with van der Waals surface area (Å²) < 4.78 is 10.7. The van der Waals surface area contributed by atoms with Crippen molar-refractivity contribution in [2.75, 3.05) is 19.8 Å². The van der Waals surface area contributed by atoms with E-state index in [4.69, 9.17) is 9.47 Å². The Labute approximate surface area is 123 Å². The fourth-order valence-electron chi connectivity index (χ4n) is 1.87. The zero-order chi connectivity index (χ0) is 15.2. The van der Waals surface area contributed by atoms with Gasteiger partial charge in [-0.1, -0.05) is 6.07 Å². The van der Waals surface area contributed by atoms with E-state index < -0.39 is 5.97 Å². The van der Waals surface area contributed by atoms with E-state index in [0.29, 0.717) is 24.8 Å². The molecule has 6 heteroatoms. The molecule has 0 unspecified atom stereocenters. The lowest BCUT2D eigenvalue weighted by atomic mass is 10.2. The number of carboxylic acid groups (broad SMARTS) is 1. The number of nitrogens with one attached hydrogen (secondary N) is 1. The molecule has 1 amide bonds. The minimum atomic E-state index is -1.12. The van der Waals surface area contributed by atoms with Crippen molar-refractivity contribution < 1.29 is 24.2 Å². The fraction of sp³-hybridized carbons (Fsp3) is 0.467. The van der Waals surface area contributed by atoms with Gasteiger partial charge in [0.1, 0.15) is 5.56 Å². The first-order valence-corrected chi connectivity index (χ1v) is 7.00. The van der Waals surface area contributed by atoms with Crippen molar-refractivity contribution in [3.63, 3.8) is 0 Å². The summed E-state index contributed by atoms with van der Waals surface area (Å²) in [4.78, 5) is 22.9. The van der Waals surface area contributed by atoms with Crippen molar-refractivity contribution >= 4 is 11.9 Å². The third-order valence-electron chi connectivity index (χ3n) is 3.14. The molecule has 0 aliphatic heterocycles. The molecule has 1 aliphatic carbocycles. The van der Waals surface area contributed by atoms with E-state index in [2.05, 4.69) is 5.32 Å². The predicted molar refractivity (Wildman–Crippen MR) is 75.8 cm³/mol. The van der Waals surface area contributed by atoms with Gasteiger partial charge in [0, 0.05) is 6.54 Å². The van der Waals surface area contributed by atoms with E-state index in [-0.39, 0.29) is 23.8 Å². The van der Waals surface area contributed by atoms with E-state index in [1.54, 1.807) is 19.1 Å². The maximum Gasteiger partial charge on any atom is 0.339 e. The smallest absolute Gasteiger partial charge is 0.339 e. The lowest BCUT2D eigenvalue weighted by Crippen LogP contribution is -2.30. The molecule has 1 fully saturated rings. The standard InChI is InChI=1S/C15H19NO5/c1-2-20-12-5-3-4-11(15(18)19)14(12)21-9-13(17)16-8-10-6-7-10/h3-5,10H,2,6-9H2,1H3,(H,16,17)(H,18,19). The Kier molecular flexibility index (Phi) is 5.03. The van der Waals surface area contributed by atoms with Crippen LogP contribution in [0.3, 0.4) is 0 Å². The van der Waals surface area contributed by atoms with Crippen LogP contribution in [-0.4, -0.2) is 36.7 Å². The summed E-state index contributed by atoms with van der Waals surface area (Å²) in [5, 5.41) is 11.9. The Morgan fingerprint density at radius 3 is 2.71 bits per heavy atom. The minimum Gasteiger partial charge on any atom is -0.490 e. The topological polar surface area (TPSA) is 84.9 Å². The zero-order valence-electron chi connectivity index (χ0n) is 11.9. The van der Waals surface area contributed by atoms with Gasteiger partial charge in [0.15, 0.2) is 18.1 Å². The number of para-hydroxylation sites is 1. The summed E-state index contributed by atoms with van der Waals surface area (Å²) >= 11 is 0. The van der Waals surface area contributed by atoms with Crippen molar-refractivity contribution in [3.05, 3.63) is 23.8 Å². The van der Waals surface area contributed by atoms with E-state index in [9.17, 15) is 14.7 Å². The predicted octanol–water partition coefficient (Wildman–Crippen LogP) is 1.69. The normalized spacial score (nSPS) is 13.6. The molecule has 0 saturated heterocycles. The largest absolute Gasteiger partial charge is 0.490 e. The second-order valence-electron chi connectivity index (χ2n) is 4.91. The number of hydrogen-bond acceptors (Lipinski definition) is 4. The van der Waals surface area contributed by atoms with E-state index >= 15 is 0 Å². The molecule has 114 valence electrons. The molecule has 1 aliphatic rings. The summed E-state index contributed by atoms with van der Waals surface area (Å²) in [7, 11) is 0. The molecule has 1 saturated carbocycles. The van der Waals surface area contributed by atoms with Crippen LogP contribution in [0.1, 0.15) is 30.1 Å². The zero-order valence-corrected chi connectivity index (χ0v) is 11.9. The first-order chi connectivity index (χ1) is 10.1. The van der Waals surface area contributed by atoms with Crippen LogP contribution >= 0.6 is 0 Å². The summed E-state index contributed by atoms with van der Waals surface area (Å²) in [5.74, 6) is -0.380. The van der Waals surface area contributed by atoms with Crippen LogP contribution < -0.4 is 14.8 Å². The van der Waals surface area contributed by atoms with Crippen LogP contribution in [0, 0.1) is 5.92 Å². The molecule has 1 aromatic carbocycles. The number of carboxylic acids is 1. The summed E-state index contributed by atoms with van der Waals surface area (Å²) in [6.07, 6.45) is 2.30. The molecule has 6 nitrogen and oxygen atoms in total. The molecule has 0 radical (unpaired) electrons. The summed E-state index contributed by atoms with van der Waals surface area (Å²) in [6, 6.07) is 4.62. The number of ether oxygens (including phenoxy) is 2. The van der Waals surface area contributed by atoms with Gasteiger partial charge in [-0.25, -0.2) is 4.79 Å². The molecule has 0 spiro atoms. The first-order valence-electron chi connectivity index (χ1n) is 7.00. The lowest BCUT2D eigenvalue weighted by molar-refractivity contribution is -0.123. The van der Waals surface area contributed by atoms with E-state index in [0.717, 1.165) is 12.8 Å².